The summed E-state index contributed by atoms with van der Waals surface area (Å²) in [4.78, 5) is 24.1. The lowest BCUT2D eigenvalue weighted by molar-refractivity contribution is -0.121. The van der Waals surface area contributed by atoms with Gasteiger partial charge in [0.2, 0.25) is 15.9 Å². The van der Waals surface area contributed by atoms with Crippen molar-refractivity contribution < 1.29 is 13.2 Å². The van der Waals surface area contributed by atoms with Crippen LogP contribution in [0.15, 0.2) is 64.5 Å². The topological polar surface area (TPSA) is 142 Å². The van der Waals surface area contributed by atoms with Crippen molar-refractivity contribution in [3.63, 3.8) is 0 Å². The van der Waals surface area contributed by atoms with Gasteiger partial charge in [-0.05, 0) is 36.2 Å². The van der Waals surface area contributed by atoms with Crippen LogP contribution in [0.4, 0.5) is 0 Å². The summed E-state index contributed by atoms with van der Waals surface area (Å²) in [7, 11) is -3.73. The quantitative estimate of drug-likeness (QED) is 0.542. The van der Waals surface area contributed by atoms with Gasteiger partial charge in [-0.15, -0.1) is 5.10 Å². The fourth-order valence-corrected chi connectivity index (χ4v) is 2.98. The van der Waals surface area contributed by atoms with E-state index in [0.717, 1.165) is 10.2 Å². The molecular formula is C17H18N6O4S. The third-order valence-electron chi connectivity index (χ3n) is 3.87. The minimum absolute atomic E-state index is 0.0304. The number of sulfonamides is 1. The highest BCUT2D eigenvalue weighted by Crippen LogP contribution is 2.08. The van der Waals surface area contributed by atoms with Crippen LogP contribution in [0.3, 0.4) is 0 Å². The average molecular weight is 402 g/mol. The Morgan fingerprint density at radius 3 is 2.54 bits per heavy atom. The number of nitrogens with zero attached hydrogens (tertiary/aromatic N) is 4. The smallest absolute Gasteiger partial charge is 0.267 e. The molecular weight excluding hydrogens is 384 g/mol. The third kappa shape index (κ3) is 4.90. The molecule has 28 heavy (non-hydrogen) atoms. The van der Waals surface area contributed by atoms with E-state index in [2.05, 4.69) is 15.5 Å². The van der Waals surface area contributed by atoms with Gasteiger partial charge in [-0.25, -0.2) is 22.9 Å². The van der Waals surface area contributed by atoms with Crippen molar-refractivity contribution in [2.24, 2.45) is 5.14 Å². The molecule has 0 aliphatic carbocycles. The Morgan fingerprint density at radius 2 is 1.89 bits per heavy atom. The molecule has 0 bridgehead atoms. The molecule has 0 saturated heterocycles. The molecule has 3 N–H and O–H groups in total. The first-order valence-electron chi connectivity index (χ1n) is 8.29. The largest absolute Gasteiger partial charge is 0.354 e. The number of benzene rings is 1. The molecule has 3 rings (SSSR count). The predicted molar refractivity (Wildman–Crippen MR) is 100 cm³/mol. The monoisotopic (exact) mass is 402 g/mol. The van der Waals surface area contributed by atoms with E-state index >= 15 is 0 Å². The highest BCUT2D eigenvalue weighted by atomic mass is 32.2. The van der Waals surface area contributed by atoms with Crippen LogP contribution in [0.1, 0.15) is 5.56 Å². The van der Waals surface area contributed by atoms with Crippen molar-refractivity contribution >= 4 is 15.9 Å². The predicted octanol–water partition coefficient (Wildman–Crippen LogP) is -0.565. The third-order valence-corrected chi connectivity index (χ3v) is 4.80. The Hall–Kier alpha value is -3.31. The zero-order chi connectivity index (χ0) is 20.1. The van der Waals surface area contributed by atoms with E-state index in [-0.39, 0.29) is 17.3 Å². The van der Waals surface area contributed by atoms with Crippen LogP contribution in [0.25, 0.3) is 5.82 Å². The van der Waals surface area contributed by atoms with Crippen molar-refractivity contribution in [1.82, 2.24) is 24.9 Å². The molecule has 0 spiro atoms. The van der Waals surface area contributed by atoms with Crippen molar-refractivity contribution in [2.75, 3.05) is 6.54 Å². The van der Waals surface area contributed by atoms with Gasteiger partial charge in [0.05, 0.1) is 4.90 Å². The summed E-state index contributed by atoms with van der Waals surface area (Å²) in [5.41, 5.74) is 0.438. The number of hydrogen-bond donors (Lipinski definition) is 2. The van der Waals surface area contributed by atoms with Gasteiger partial charge in [0, 0.05) is 25.0 Å². The van der Waals surface area contributed by atoms with Crippen molar-refractivity contribution in [1.29, 1.82) is 0 Å². The fraction of sp³-hybridized carbons (Fsp3) is 0.176. The van der Waals surface area contributed by atoms with E-state index in [9.17, 15) is 18.0 Å². The van der Waals surface area contributed by atoms with Crippen LogP contribution in [-0.4, -0.2) is 40.4 Å². The summed E-state index contributed by atoms with van der Waals surface area (Å²) in [5.74, 6) is 0.0562. The summed E-state index contributed by atoms with van der Waals surface area (Å²) in [5, 5.41) is 15.9. The van der Waals surface area contributed by atoms with E-state index in [0.29, 0.717) is 18.8 Å². The maximum absolute atomic E-state index is 12.1. The van der Waals surface area contributed by atoms with Gasteiger partial charge in [0.1, 0.15) is 6.54 Å². The first-order chi connectivity index (χ1) is 13.3. The summed E-state index contributed by atoms with van der Waals surface area (Å²) >= 11 is 0. The Bertz CT molecular complexity index is 1120. The number of nitrogens with two attached hydrogens (primary N) is 1. The van der Waals surface area contributed by atoms with Crippen LogP contribution >= 0.6 is 0 Å². The van der Waals surface area contributed by atoms with Gasteiger partial charge >= 0.3 is 0 Å². The van der Waals surface area contributed by atoms with E-state index in [1.165, 1.54) is 28.9 Å². The molecule has 2 aromatic heterocycles. The number of carbonyl (C=O) groups excluding carboxylic acids is 1. The van der Waals surface area contributed by atoms with Gasteiger partial charge in [-0.1, -0.05) is 12.1 Å². The molecule has 1 amide bonds. The zero-order valence-corrected chi connectivity index (χ0v) is 15.5. The normalized spacial score (nSPS) is 11.3. The van der Waals surface area contributed by atoms with Gasteiger partial charge < -0.3 is 5.32 Å². The highest BCUT2D eigenvalue weighted by Gasteiger charge is 2.09. The van der Waals surface area contributed by atoms with Gasteiger partial charge in [-0.3, -0.25) is 9.59 Å². The molecule has 2 heterocycles. The van der Waals surface area contributed by atoms with Crippen molar-refractivity contribution in [3.05, 3.63) is 70.8 Å². The van der Waals surface area contributed by atoms with Crippen molar-refractivity contribution in [2.45, 2.75) is 17.9 Å². The number of hydrogen-bond acceptors (Lipinski definition) is 6. The highest BCUT2D eigenvalue weighted by molar-refractivity contribution is 7.89. The van der Waals surface area contributed by atoms with Crippen molar-refractivity contribution in [3.8, 4) is 5.82 Å². The number of aromatic nitrogens is 4. The summed E-state index contributed by atoms with van der Waals surface area (Å²) < 4.78 is 25.0. The minimum atomic E-state index is -3.73. The average Bonchev–Trinajstić information content (AvgIpc) is 3.18. The lowest BCUT2D eigenvalue weighted by atomic mass is 10.1. The second-order valence-electron chi connectivity index (χ2n) is 5.93. The molecule has 0 saturated carbocycles. The molecule has 10 nitrogen and oxygen atoms in total. The maximum Gasteiger partial charge on any atom is 0.267 e. The summed E-state index contributed by atoms with van der Waals surface area (Å²) in [6.45, 7) is 0.0967. The SMILES string of the molecule is NS(=O)(=O)c1ccc(CCNC(=O)Cn2nc(-n3cccn3)ccc2=O)cc1. The lowest BCUT2D eigenvalue weighted by Gasteiger charge is -2.08. The second-order valence-corrected chi connectivity index (χ2v) is 7.49. The summed E-state index contributed by atoms with van der Waals surface area (Å²) in [6.07, 6.45) is 3.75. The Kier molecular flexibility index (Phi) is 5.66. The fourth-order valence-electron chi connectivity index (χ4n) is 2.46. The van der Waals surface area contributed by atoms with Crippen LogP contribution < -0.4 is 16.0 Å². The number of carbonyl (C=O) groups is 1. The minimum Gasteiger partial charge on any atom is -0.354 e. The van der Waals surface area contributed by atoms with Crippen LogP contribution in [0.5, 0.6) is 0 Å². The van der Waals surface area contributed by atoms with Gasteiger partial charge in [-0.2, -0.15) is 5.10 Å². The number of nitrogens with one attached hydrogen (secondary N) is 1. The Labute approximate surface area is 160 Å². The Balaban J connectivity index is 1.56. The number of rotatable bonds is 7. The van der Waals surface area contributed by atoms with Gasteiger partial charge in [0.15, 0.2) is 5.82 Å². The van der Waals surface area contributed by atoms with E-state index in [4.69, 9.17) is 5.14 Å². The second kappa shape index (κ2) is 8.15. The molecule has 1 aromatic carbocycles. The molecule has 11 heteroatoms. The Morgan fingerprint density at radius 1 is 1.14 bits per heavy atom. The molecule has 146 valence electrons. The first kappa shape index (κ1) is 19.5. The van der Waals surface area contributed by atoms with Crippen LogP contribution in [0.2, 0.25) is 0 Å². The number of amides is 1. The van der Waals surface area contributed by atoms with Gasteiger partial charge in [0.25, 0.3) is 5.56 Å². The van der Waals surface area contributed by atoms with E-state index < -0.39 is 15.6 Å². The lowest BCUT2D eigenvalue weighted by Crippen LogP contribution is -2.34. The van der Waals surface area contributed by atoms with E-state index in [1.807, 2.05) is 0 Å². The molecule has 3 aromatic rings. The van der Waals surface area contributed by atoms with Crippen LogP contribution in [0, 0.1) is 0 Å². The maximum atomic E-state index is 12.1. The summed E-state index contributed by atoms with van der Waals surface area (Å²) in [6, 6.07) is 10.7. The molecule has 0 fully saturated rings. The zero-order valence-electron chi connectivity index (χ0n) is 14.7. The number of primary sulfonamides is 1. The van der Waals surface area contributed by atoms with E-state index in [1.54, 1.807) is 30.6 Å². The molecule has 0 radical (unpaired) electrons. The molecule has 0 aliphatic heterocycles. The first-order valence-corrected chi connectivity index (χ1v) is 9.84. The standard InChI is InChI=1S/C17H18N6O4S/c18-28(26,27)14-4-2-13(3-5-14)8-10-19-16(24)12-23-17(25)7-6-15(21-23)22-11-1-9-20-22/h1-7,9,11H,8,10,12H2,(H,19,24)(H2,18,26,27). The van der Waals surface area contributed by atoms with Crippen LogP contribution in [-0.2, 0) is 27.8 Å². The molecule has 0 aliphatic rings. The molecule has 0 unspecified atom stereocenters. The molecule has 0 atom stereocenters.